The van der Waals surface area contributed by atoms with Crippen LogP contribution in [-0.4, -0.2) is 52.5 Å². The lowest BCUT2D eigenvalue weighted by Crippen LogP contribution is -2.55. The minimum absolute atomic E-state index is 0.00636. The molecule has 3 heterocycles. The highest BCUT2D eigenvalue weighted by atomic mass is 16.5. The Labute approximate surface area is 176 Å². The monoisotopic (exact) mass is 413 g/mol. The number of fused-ring (bicyclic) bond motifs is 1. The summed E-state index contributed by atoms with van der Waals surface area (Å²) in [5.74, 6) is 0.0338. The van der Waals surface area contributed by atoms with Gasteiger partial charge in [-0.05, 0) is 57.7 Å². The number of pyridine rings is 1. The first-order valence-corrected chi connectivity index (χ1v) is 11.1. The highest BCUT2D eigenvalue weighted by molar-refractivity contribution is 5.90. The van der Waals surface area contributed by atoms with E-state index in [0.29, 0.717) is 23.3 Å². The third kappa shape index (κ3) is 4.05. The number of rotatable bonds is 6. The minimum Gasteiger partial charge on any atom is -0.354 e. The molecule has 2 N–H and O–H groups in total. The zero-order valence-corrected chi connectivity index (χ0v) is 17.8. The molecule has 0 radical (unpaired) electrons. The molecule has 1 saturated heterocycles. The van der Waals surface area contributed by atoms with Crippen molar-refractivity contribution in [3.8, 4) is 0 Å². The summed E-state index contributed by atoms with van der Waals surface area (Å²) >= 11 is 0. The van der Waals surface area contributed by atoms with Gasteiger partial charge in [0, 0.05) is 12.7 Å². The lowest BCUT2D eigenvalue weighted by Gasteiger charge is -2.35. The number of nitrogens with zero attached hydrogens (tertiary/aromatic N) is 3. The van der Waals surface area contributed by atoms with E-state index in [1.54, 1.807) is 13.2 Å². The number of amides is 2. The van der Waals surface area contributed by atoms with E-state index in [4.69, 9.17) is 4.52 Å². The molecule has 0 bridgehead atoms. The Hall–Kier alpha value is -2.48. The van der Waals surface area contributed by atoms with Gasteiger partial charge in [0.15, 0.2) is 5.58 Å². The van der Waals surface area contributed by atoms with Crippen LogP contribution in [0.1, 0.15) is 63.6 Å². The van der Waals surface area contributed by atoms with E-state index in [1.807, 2.05) is 24.0 Å². The van der Waals surface area contributed by atoms with Crippen LogP contribution < -0.4 is 10.6 Å². The molecule has 30 heavy (non-hydrogen) atoms. The Balaban J connectivity index is 1.59. The number of nitrogens with one attached hydrogen (secondary N) is 2. The van der Waals surface area contributed by atoms with Crippen LogP contribution in [0.5, 0.6) is 0 Å². The maximum atomic E-state index is 13.7. The lowest BCUT2D eigenvalue weighted by molar-refractivity contribution is -0.139. The molecule has 0 spiro atoms. The number of hydrogen-bond donors (Lipinski definition) is 2. The van der Waals surface area contributed by atoms with E-state index in [0.717, 1.165) is 38.5 Å². The predicted molar refractivity (Wildman–Crippen MR) is 113 cm³/mol. The standard InChI is InChI=1S/C22H31N5O3/c1-14(23-2)21(28)25-18(15-8-4-3-5-9-15)22(29)27-13-7-10-16(27)19-20-17(30-26-19)11-6-12-24-20/h6,11-12,14-16,18,23H,3-5,7-10,13H2,1-2H3,(H,25,28)/t14-,16-,18-/m0/s1. The highest BCUT2D eigenvalue weighted by Gasteiger charge is 2.40. The molecule has 0 unspecified atom stereocenters. The maximum Gasteiger partial charge on any atom is 0.246 e. The van der Waals surface area contributed by atoms with Crippen LogP contribution in [0.4, 0.5) is 0 Å². The molecule has 1 saturated carbocycles. The number of likely N-dealkylation sites (N-methyl/N-ethyl adjacent to an activating group) is 1. The van der Waals surface area contributed by atoms with Gasteiger partial charge in [-0.1, -0.05) is 24.4 Å². The van der Waals surface area contributed by atoms with Crippen LogP contribution in [-0.2, 0) is 9.59 Å². The first-order chi connectivity index (χ1) is 14.6. The van der Waals surface area contributed by atoms with Crippen LogP contribution in [0, 0.1) is 5.92 Å². The Morgan fingerprint density at radius 1 is 1.20 bits per heavy atom. The Bertz CT molecular complexity index is 892. The second-order valence-corrected chi connectivity index (χ2v) is 8.50. The number of likely N-dealkylation sites (tertiary alicyclic amines) is 1. The van der Waals surface area contributed by atoms with Crippen molar-refractivity contribution in [1.82, 2.24) is 25.7 Å². The zero-order valence-electron chi connectivity index (χ0n) is 17.8. The van der Waals surface area contributed by atoms with Crippen LogP contribution in [0.3, 0.4) is 0 Å². The van der Waals surface area contributed by atoms with Crippen molar-refractivity contribution in [3.63, 3.8) is 0 Å². The van der Waals surface area contributed by atoms with Crippen molar-refractivity contribution in [3.05, 3.63) is 24.0 Å². The van der Waals surface area contributed by atoms with Gasteiger partial charge in [0.1, 0.15) is 17.3 Å². The summed E-state index contributed by atoms with van der Waals surface area (Å²) in [6, 6.07) is 2.64. The molecule has 8 heteroatoms. The third-order valence-electron chi connectivity index (χ3n) is 6.62. The number of hydrogen-bond acceptors (Lipinski definition) is 6. The van der Waals surface area contributed by atoms with Crippen molar-refractivity contribution >= 4 is 22.9 Å². The fourth-order valence-corrected chi connectivity index (χ4v) is 4.77. The van der Waals surface area contributed by atoms with Crippen molar-refractivity contribution in [2.45, 2.75) is 70.0 Å². The summed E-state index contributed by atoms with van der Waals surface area (Å²) in [5.41, 5.74) is 2.06. The van der Waals surface area contributed by atoms with Crippen molar-refractivity contribution in [1.29, 1.82) is 0 Å². The minimum atomic E-state index is -0.500. The van der Waals surface area contributed by atoms with Gasteiger partial charge in [0.2, 0.25) is 11.8 Å². The van der Waals surface area contributed by atoms with Gasteiger partial charge in [0.05, 0.1) is 12.1 Å². The summed E-state index contributed by atoms with van der Waals surface area (Å²) in [5, 5.41) is 10.3. The molecule has 3 atom stereocenters. The molecule has 2 aromatic rings. The lowest BCUT2D eigenvalue weighted by atomic mass is 9.83. The summed E-state index contributed by atoms with van der Waals surface area (Å²) in [6.45, 7) is 2.47. The molecule has 1 aliphatic heterocycles. The van der Waals surface area contributed by atoms with Crippen LogP contribution in [0.25, 0.3) is 11.1 Å². The van der Waals surface area contributed by atoms with Gasteiger partial charge in [-0.15, -0.1) is 0 Å². The molecule has 4 rings (SSSR count). The molecule has 0 aromatic carbocycles. The predicted octanol–water partition coefficient (Wildman–Crippen LogP) is 2.56. The van der Waals surface area contributed by atoms with E-state index in [9.17, 15) is 9.59 Å². The van der Waals surface area contributed by atoms with Crippen LogP contribution in [0.2, 0.25) is 0 Å². The van der Waals surface area contributed by atoms with E-state index in [1.165, 1.54) is 6.42 Å². The molecule has 2 aromatic heterocycles. The van der Waals surface area contributed by atoms with E-state index >= 15 is 0 Å². The largest absolute Gasteiger partial charge is 0.354 e. The highest BCUT2D eigenvalue weighted by Crippen LogP contribution is 2.36. The van der Waals surface area contributed by atoms with Crippen LogP contribution >= 0.6 is 0 Å². The molecular weight excluding hydrogens is 382 g/mol. The second kappa shape index (κ2) is 9.12. The van der Waals surface area contributed by atoms with Crippen molar-refractivity contribution < 1.29 is 14.1 Å². The van der Waals surface area contributed by atoms with Gasteiger partial charge in [0.25, 0.3) is 0 Å². The topological polar surface area (TPSA) is 100 Å². The van der Waals surface area contributed by atoms with E-state index in [2.05, 4.69) is 20.8 Å². The Kier molecular flexibility index (Phi) is 6.32. The number of carbonyl (C=O) groups excluding carboxylic acids is 2. The molecule has 8 nitrogen and oxygen atoms in total. The van der Waals surface area contributed by atoms with Gasteiger partial charge in [-0.25, -0.2) is 0 Å². The normalized spacial score (nSPS) is 22.2. The molecule has 2 amide bonds. The maximum absolute atomic E-state index is 13.7. The summed E-state index contributed by atoms with van der Waals surface area (Å²) < 4.78 is 5.45. The average molecular weight is 414 g/mol. The summed E-state index contributed by atoms with van der Waals surface area (Å²) in [4.78, 5) is 32.7. The number of carbonyl (C=O) groups is 2. The second-order valence-electron chi connectivity index (χ2n) is 8.50. The zero-order chi connectivity index (χ0) is 21.1. The third-order valence-corrected chi connectivity index (χ3v) is 6.62. The van der Waals surface area contributed by atoms with Crippen LogP contribution in [0.15, 0.2) is 22.9 Å². The SMILES string of the molecule is CN[C@@H](C)C(=O)N[C@H](C(=O)N1CCC[C@H]1c1noc2cccnc12)C1CCCCC1. The van der Waals surface area contributed by atoms with Gasteiger partial charge in [-0.3, -0.25) is 14.6 Å². The van der Waals surface area contributed by atoms with Gasteiger partial charge >= 0.3 is 0 Å². The van der Waals surface area contributed by atoms with Gasteiger partial charge in [-0.2, -0.15) is 0 Å². The Morgan fingerprint density at radius 3 is 2.77 bits per heavy atom. The average Bonchev–Trinajstić information content (AvgIpc) is 3.43. The van der Waals surface area contributed by atoms with E-state index < -0.39 is 6.04 Å². The molecule has 162 valence electrons. The molecule has 2 fully saturated rings. The fraction of sp³-hybridized carbons (Fsp3) is 0.636. The quantitative estimate of drug-likeness (QED) is 0.755. The van der Waals surface area contributed by atoms with Crippen molar-refractivity contribution in [2.75, 3.05) is 13.6 Å². The summed E-state index contributed by atoms with van der Waals surface area (Å²) in [6.07, 6.45) is 8.78. The molecule has 1 aliphatic carbocycles. The first-order valence-electron chi connectivity index (χ1n) is 11.1. The molecule has 2 aliphatic rings. The van der Waals surface area contributed by atoms with Gasteiger partial charge < -0.3 is 20.1 Å². The Morgan fingerprint density at radius 2 is 2.00 bits per heavy atom. The molecular formula is C22H31N5O3. The first kappa shape index (κ1) is 20.8. The van der Waals surface area contributed by atoms with E-state index in [-0.39, 0.29) is 29.8 Å². The fourth-order valence-electron chi connectivity index (χ4n) is 4.77. The number of aromatic nitrogens is 2. The summed E-state index contributed by atoms with van der Waals surface area (Å²) in [7, 11) is 1.75. The van der Waals surface area contributed by atoms with Crippen molar-refractivity contribution in [2.24, 2.45) is 5.92 Å². The smallest absolute Gasteiger partial charge is 0.246 e.